The Balaban J connectivity index is 1.98. The summed E-state index contributed by atoms with van der Waals surface area (Å²) in [7, 11) is 0. The van der Waals surface area contributed by atoms with Crippen LogP contribution in [0.2, 0.25) is 0 Å². The molecule has 2 heterocycles. The molecule has 2 rings (SSSR count). The Kier molecular flexibility index (Phi) is 4.09. The van der Waals surface area contributed by atoms with E-state index < -0.39 is 11.7 Å². The summed E-state index contributed by atoms with van der Waals surface area (Å²) in [6.45, 7) is 7.81. The minimum absolute atomic E-state index is 0.603. The number of nitrogens with zero attached hydrogens (tertiary/aromatic N) is 3. The number of halogens is 3. The lowest BCUT2D eigenvalue weighted by molar-refractivity contribution is -0.137. The first-order chi connectivity index (χ1) is 9.00. The minimum Gasteiger partial charge on any atom is -0.354 e. The quantitative estimate of drug-likeness (QED) is 0.787. The molecule has 0 aromatic carbocycles. The average Bonchev–Trinajstić information content (AvgIpc) is 2.39. The third kappa shape index (κ3) is 3.47. The Labute approximate surface area is 110 Å². The first-order valence-electron chi connectivity index (χ1n) is 6.12. The van der Waals surface area contributed by atoms with E-state index in [-0.39, 0.29) is 0 Å². The van der Waals surface area contributed by atoms with Crippen molar-refractivity contribution < 1.29 is 13.2 Å². The van der Waals surface area contributed by atoms with Crippen LogP contribution in [0.4, 0.5) is 19.0 Å². The number of piperazine rings is 1. The Morgan fingerprint density at radius 2 is 1.89 bits per heavy atom. The van der Waals surface area contributed by atoms with Crippen molar-refractivity contribution in [1.82, 2.24) is 9.88 Å². The molecule has 1 aromatic rings. The Morgan fingerprint density at radius 1 is 1.21 bits per heavy atom. The molecule has 0 atom stereocenters. The molecule has 6 heteroatoms. The van der Waals surface area contributed by atoms with E-state index in [0.29, 0.717) is 5.82 Å². The molecule has 0 radical (unpaired) electrons. The number of aromatic nitrogens is 1. The third-order valence-electron chi connectivity index (χ3n) is 3.16. The molecule has 104 valence electrons. The molecule has 1 fully saturated rings. The summed E-state index contributed by atoms with van der Waals surface area (Å²) in [4.78, 5) is 8.15. The van der Waals surface area contributed by atoms with E-state index >= 15 is 0 Å². The van der Waals surface area contributed by atoms with Gasteiger partial charge in [0.1, 0.15) is 5.82 Å². The molecular weight excluding hydrogens is 255 g/mol. The summed E-state index contributed by atoms with van der Waals surface area (Å²) in [5, 5.41) is 0. The van der Waals surface area contributed by atoms with Crippen molar-refractivity contribution in [3.63, 3.8) is 0 Å². The highest BCUT2D eigenvalue weighted by Gasteiger charge is 2.31. The van der Waals surface area contributed by atoms with Gasteiger partial charge in [-0.05, 0) is 12.1 Å². The summed E-state index contributed by atoms with van der Waals surface area (Å²) in [5.74, 6) is 0.603. The standard InChI is InChI=1S/C13H16F3N3/c1-2-5-18-6-8-19(9-7-18)12-4-3-11(10-17-12)13(14,15)16/h2-4,10H,1,5-9H2. The van der Waals surface area contributed by atoms with Crippen LogP contribution in [0.5, 0.6) is 0 Å². The molecule has 0 bridgehead atoms. The zero-order valence-corrected chi connectivity index (χ0v) is 10.5. The van der Waals surface area contributed by atoms with E-state index in [0.717, 1.165) is 45.0 Å². The molecule has 1 aliphatic heterocycles. The van der Waals surface area contributed by atoms with Gasteiger partial charge in [-0.1, -0.05) is 6.08 Å². The van der Waals surface area contributed by atoms with Gasteiger partial charge in [0.15, 0.2) is 0 Å². The average molecular weight is 271 g/mol. The van der Waals surface area contributed by atoms with Crippen LogP contribution in [0.1, 0.15) is 5.56 Å². The summed E-state index contributed by atoms with van der Waals surface area (Å²) < 4.78 is 37.3. The van der Waals surface area contributed by atoms with Crippen LogP contribution < -0.4 is 4.90 Å². The van der Waals surface area contributed by atoms with Gasteiger partial charge in [0.25, 0.3) is 0 Å². The van der Waals surface area contributed by atoms with Crippen LogP contribution in [0.25, 0.3) is 0 Å². The highest BCUT2D eigenvalue weighted by molar-refractivity contribution is 5.40. The molecule has 0 spiro atoms. The van der Waals surface area contributed by atoms with Crippen molar-refractivity contribution in [1.29, 1.82) is 0 Å². The molecule has 0 amide bonds. The van der Waals surface area contributed by atoms with Crippen LogP contribution >= 0.6 is 0 Å². The molecule has 19 heavy (non-hydrogen) atoms. The summed E-state index contributed by atoms with van der Waals surface area (Å²) in [6, 6.07) is 2.52. The van der Waals surface area contributed by atoms with Gasteiger partial charge in [-0.25, -0.2) is 4.98 Å². The maximum absolute atomic E-state index is 12.4. The van der Waals surface area contributed by atoms with Crippen LogP contribution in [-0.4, -0.2) is 42.6 Å². The predicted molar refractivity (Wildman–Crippen MR) is 68.1 cm³/mol. The van der Waals surface area contributed by atoms with E-state index in [1.807, 2.05) is 11.0 Å². The van der Waals surface area contributed by atoms with Crippen LogP contribution in [0.15, 0.2) is 31.0 Å². The predicted octanol–water partition coefficient (Wildman–Crippen LogP) is 2.41. The van der Waals surface area contributed by atoms with Crippen molar-refractivity contribution in [3.8, 4) is 0 Å². The highest BCUT2D eigenvalue weighted by Crippen LogP contribution is 2.29. The lowest BCUT2D eigenvalue weighted by Gasteiger charge is -2.34. The zero-order chi connectivity index (χ0) is 13.9. The van der Waals surface area contributed by atoms with Crippen molar-refractivity contribution in [2.75, 3.05) is 37.6 Å². The second-order valence-corrected chi connectivity index (χ2v) is 4.48. The number of hydrogen-bond acceptors (Lipinski definition) is 3. The van der Waals surface area contributed by atoms with Gasteiger partial charge in [0, 0.05) is 38.9 Å². The second kappa shape index (κ2) is 5.61. The molecular formula is C13H16F3N3. The van der Waals surface area contributed by atoms with Gasteiger partial charge in [-0.15, -0.1) is 6.58 Å². The topological polar surface area (TPSA) is 19.4 Å². The number of hydrogen-bond donors (Lipinski definition) is 0. The monoisotopic (exact) mass is 271 g/mol. The van der Waals surface area contributed by atoms with Gasteiger partial charge in [0.2, 0.25) is 0 Å². The summed E-state index contributed by atoms with van der Waals surface area (Å²) in [6.07, 6.45) is -1.58. The lowest BCUT2D eigenvalue weighted by Crippen LogP contribution is -2.46. The molecule has 1 aliphatic rings. The van der Waals surface area contributed by atoms with Crippen molar-refractivity contribution >= 4 is 5.82 Å². The smallest absolute Gasteiger partial charge is 0.354 e. The highest BCUT2D eigenvalue weighted by atomic mass is 19.4. The number of alkyl halides is 3. The molecule has 0 unspecified atom stereocenters. The minimum atomic E-state index is -4.33. The SMILES string of the molecule is C=CCN1CCN(c2ccc(C(F)(F)F)cn2)CC1. The van der Waals surface area contributed by atoms with Crippen molar-refractivity contribution in [3.05, 3.63) is 36.5 Å². The van der Waals surface area contributed by atoms with E-state index in [9.17, 15) is 13.2 Å². The Morgan fingerprint density at radius 3 is 2.37 bits per heavy atom. The first-order valence-corrected chi connectivity index (χ1v) is 6.12. The van der Waals surface area contributed by atoms with Crippen LogP contribution in [0.3, 0.4) is 0 Å². The first kappa shape index (κ1) is 13.9. The Hall–Kier alpha value is -1.56. The second-order valence-electron chi connectivity index (χ2n) is 4.48. The molecule has 1 saturated heterocycles. The van der Waals surface area contributed by atoms with Crippen LogP contribution in [-0.2, 0) is 6.18 Å². The lowest BCUT2D eigenvalue weighted by atomic mass is 10.2. The van der Waals surface area contributed by atoms with Gasteiger partial charge in [-0.3, -0.25) is 4.90 Å². The molecule has 0 N–H and O–H groups in total. The maximum Gasteiger partial charge on any atom is 0.417 e. The third-order valence-corrected chi connectivity index (χ3v) is 3.16. The number of rotatable bonds is 3. The largest absolute Gasteiger partial charge is 0.417 e. The maximum atomic E-state index is 12.4. The fourth-order valence-corrected chi connectivity index (χ4v) is 2.08. The van der Waals surface area contributed by atoms with Gasteiger partial charge in [-0.2, -0.15) is 13.2 Å². The summed E-state index contributed by atoms with van der Waals surface area (Å²) >= 11 is 0. The summed E-state index contributed by atoms with van der Waals surface area (Å²) in [5.41, 5.74) is -0.707. The van der Waals surface area contributed by atoms with Crippen molar-refractivity contribution in [2.45, 2.75) is 6.18 Å². The molecule has 0 saturated carbocycles. The zero-order valence-electron chi connectivity index (χ0n) is 10.5. The molecule has 1 aromatic heterocycles. The van der Waals surface area contributed by atoms with E-state index in [4.69, 9.17) is 0 Å². The number of pyridine rings is 1. The fraction of sp³-hybridized carbons (Fsp3) is 0.462. The van der Waals surface area contributed by atoms with Gasteiger partial charge >= 0.3 is 6.18 Å². The molecule has 0 aliphatic carbocycles. The Bertz CT molecular complexity index is 420. The van der Waals surface area contributed by atoms with Gasteiger partial charge < -0.3 is 4.90 Å². The van der Waals surface area contributed by atoms with E-state index in [1.54, 1.807) is 0 Å². The molecule has 3 nitrogen and oxygen atoms in total. The van der Waals surface area contributed by atoms with Crippen LogP contribution in [0, 0.1) is 0 Å². The fourth-order valence-electron chi connectivity index (χ4n) is 2.08. The number of anilines is 1. The normalized spacial score (nSPS) is 17.5. The van der Waals surface area contributed by atoms with E-state index in [1.165, 1.54) is 6.07 Å². The van der Waals surface area contributed by atoms with Gasteiger partial charge in [0.05, 0.1) is 5.56 Å². The van der Waals surface area contributed by atoms with Crippen molar-refractivity contribution in [2.24, 2.45) is 0 Å². The van der Waals surface area contributed by atoms with E-state index in [2.05, 4.69) is 16.5 Å².